The molecule has 0 radical (unpaired) electrons. The van der Waals surface area contributed by atoms with Crippen LogP contribution in [0.3, 0.4) is 0 Å². The number of hydrogen-bond donors (Lipinski definition) is 1. The molecule has 0 saturated carbocycles. The van der Waals surface area contributed by atoms with Crippen molar-refractivity contribution in [3.8, 4) is 5.75 Å². The van der Waals surface area contributed by atoms with Gasteiger partial charge in [0, 0.05) is 16.0 Å². The molecule has 1 aromatic heterocycles. The Morgan fingerprint density at radius 1 is 0.882 bits per heavy atom. The Morgan fingerprint density at radius 2 is 1.62 bits per heavy atom. The summed E-state index contributed by atoms with van der Waals surface area (Å²) in [6, 6.07) is 25.4. The van der Waals surface area contributed by atoms with Gasteiger partial charge in [0.05, 0.1) is 5.70 Å². The maximum Gasteiger partial charge on any atom is 0.227 e. The van der Waals surface area contributed by atoms with Crippen LogP contribution in [0.1, 0.15) is 34.4 Å². The quantitative estimate of drug-likeness (QED) is 0.330. The Labute approximate surface area is 207 Å². The summed E-state index contributed by atoms with van der Waals surface area (Å²) >= 11 is 3.29. The molecule has 0 bridgehead atoms. The van der Waals surface area contributed by atoms with Crippen LogP contribution in [0.25, 0.3) is 5.70 Å². The van der Waals surface area contributed by atoms with E-state index in [2.05, 4.69) is 79.2 Å². The van der Waals surface area contributed by atoms with Gasteiger partial charge in [0.2, 0.25) is 11.1 Å². The van der Waals surface area contributed by atoms with Crippen LogP contribution in [0.15, 0.2) is 88.4 Å². The van der Waals surface area contributed by atoms with Gasteiger partial charge in [-0.05, 0) is 54.8 Å². The summed E-state index contributed by atoms with van der Waals surface area (Å²) in [6.07, 6.45) is 3.84. The molecule has 170 valence electrons. The van der Waals surface area contributed by atoms with Crippen LogP contribution < -0.4 is 10.1 Å². The highest BCUT2D eigenvalue weighted by Gasteiger charge is 2.41. The fraction of sp³-hybridized carbons (Fsp3) is 0.185. The van der Waals surface area contributed by atoms with Crippen LogP contribution in [0, 0.1) is 6.92 Å². The Balaban J connectivity index is 1.60. The first kappa shape index (κ1) is 21.4. The minimum absolute atomic E-state index is 0.140. The first-order valence-corrected chi connectivity index (χ1v) is 13.6. The van der Waals surface area contributed by atoms with Crippen molar-refractivity contribution in [2.24, 2.45) is 0 Å². The number of anilines is 1. The molecule has 3 aromatic carbocycles. The van der Waals surface area contributed by atoms with Gasteiger partial charge in [-0.3, -0.25) is 0 Å². The maximum atomic E-state index is 6.71. The maximum absolute atomic E-state index is 6.71. The normalized spacial score (nSPS) is 18.4. The van der Waals surface area contributed by atoms with E-state index in [1.165, 1.54) is 10.5 Å². The monoisotopic (exact) mass is 484 g/mol. The molecule has 2 atom stereocenters. The van der Waals surface area contributed by atoms with Crippen LogP contribution in [-0.2, 0) is 0 Å². The van der Waals surface area contributed by atoms with Crippen LogP contribution in [0.5, 0.6) is 5.75 Å². The van der Waals surface area contributed by atoms with E-state index in [0.717, 1.165) is 44.8 Å². The lowest BCUT2D eigenvalue weighted by molar-refractivity contribution is 0.223. The molecule has 0 saturated heterocycles. The van der Waals surface area contributed by atoms with Crippen molar-refractivity contribution in [2.75, 3.05) is 17.8 Å². The van der Waals surface area contributed by atoms with E-state index < -0.39 is 0 Å². The zero-order valence-corrected chi connectivity index (χ0v) is 20.8. The molecule has 2 aliphatic rings. The number of ether oxygens (including phenoxy) is 1. The third-order valence-corrected chi connectivity index (χ3v) is 7.64. The number of fused-ring (bicyclic) bond motifs is 3. The Bertz CT molecular complexity index is 1390. The predicted octanol–water partition coefficient (Wildman–Crippen LogP) is 6.59. The van der Waals surface area contributed by atoms with Gasteiger partial charge in [0.25, 0.3) is 0 Å². The van der Waals surface area contributed by atoms with Gasteiger partial charge in [-0.15, -0.1) is 16.9 Å². The summed E-state index contributed by atoms with van der Waals surface area (Å²) in [4.78, 5) is 6.00. The summed E-state index contributed by atoms with van der Waals surface area (Å²) in [7, 11) is 0. The minimum Gasteiger partial charge on any atom is -0.480 e. The van der Waals surface area contributed by atoms with Crippen LogP contribution >= 0.6 is 23.5 Å². The van der Waals surface area contributed by atoms with Gasteiger partial charge in [-0.1, -0.05) is 65.9 Å². The summed E-state index contributed by atoms with van der Waals surface area (Å²) in [5, 5.41) is 9.22. The second kappa shape index (κ2) is 8.56. The fourth-order valence-corrected chi connectivity index (χ4v) is 5.42. The number of rotatable bonds is 4. The number of hydrogen-bond acceptors (Lipinski definition) is 6. The van der Waals surface area contributed by atoms with Crippen molar-refractivity contribution in [1.29, 1.82) is 0 Å². The largest absolute Gasteiger partial charge is 0.480 e. The molecule has 4 aromatic rings. The molecule has 7 heteroatoms. The van der Waals surface area contributed by atoms with Crippen molar-refractivity contribution in [3.63, 3.8) is 0 Å². The minimum atomic E-state index is -0.255. The number of benzene rings is 3. The summed E-state index contributed by atoms with van der Waals surface area (Å²) in [5.41, 5.74) is 6.75. The van der Waals surface area contributed by atoms with Gasteiger partial charge in [-0.2, -0.15) is 4.98 Å². The molecule has 2 aliphatic heterocycles. The van der Waals surface area contributed by atoms with E-state index in [1.54, 1.807) is 23.5 Å². The van der Waals surface area contributed by atoms with E-state index in [-0.39, 0.29) is 12.1 Å². The molecule has 34 heavy (non-hydrogen) atoms. The van der Waals surface area contributed by atoms with Gasteiger partial charge in [0.1, 0.15) is 17.9 Å². The third kappa shape index (κ3) is 3.51. The van der Waals surface area contributed by atoms with Crippen LogP contribution in [0.2, 0.25) is 0 Å². The average Bonchev–Trinajstić information content (AvgIpc) is 3.30. The number of para-hydroxylation sites is 1. The standard InChI is InChI=1S/C27H24N4OS2/c1-16-8-10-17(11-9-16)24-22-23(28-26-29-27(34-3)30-31(24)26)20-6-4-5-7-21(20)32-25(22)18-12-14-19(33-2)15-13-18/h4-15,24-25H,1-3H3,(H,28,29,30)/t24-,25+/m1/s1. The molecular formula is C27H24N4OS2. The lowest BCUT2D eigenvalue weighted by Gasteiger charge is -2.39. The lowest BCUT2D eigenvalue weighted by atomic mass is 9.84. The van der Waals surface area contributed by atoms with Crippen molar-refractivity contribution in [1.82, 2.24) is 14.8 Å². The lowest BCUT2D eigenvalue weighted by Crippen LogP contribution is -2.32. The van der Waals surface area contributed by atoms with Crippen LogP contribution in [0.4, 0.5) is 5.95 Å². The summed E-state index contributed by atoms with van der Waals surface area (Å²) in [6.45, 7) is 2.11. The van der Waals surface area contributed by atoms with E-state index >= 15 is 0 Å². The summed E-state index contributed by atoms with van der Waals surface area (Å²) < 4.78 is 8.72. The molecule has 0 spiro atoms. The van der Waals surface area contributed by atoms with E-state index in [0.29, 0.717) is 0 Å². The SMILES string of the molecule is CSc1ccc([C@@H]2Oc3ccccc3C3=C2[C@@H](c2ccc(C)cc2)n2nc(SC)nc2N3)cc1. The molecule has 0 amide bonds. The Hall–Kier alpha value is -3.16. The second-order valence-corrected chi connectivity index (χ2v) is 10.1. The topological polar surface area (TPSA) is 52.0 Å². The average molecular weight is 485 g/mol. The second-order valence-electron chi connectivity index (χ2n) is 8.40. The van der Waals surface area contributed by atoms with E-state index in [4.69, 9.17) is 14.8 Å². The molecule has 0 fully saturated rings. The molecule has 0 unspecified atom stereocenters. The number of thioether (sulfide) groups is 2. The molecule has 6 rings (SSSR count). The number of nitrogens with one attached hydrogen (secondary N) is 1. The molecule has 1 N–H and O–H groups in total. The highest BCUT2D eigenvalue weighted by atomic mass is 32.2. The molecular weight excluding hydrogens is 460 g/mol. The first-order valence-electron chi connectivity index (χ1n) is 11.1. The van der Waals surface area contributed by atoms with E-state index in [1.807, 2.05) is 23.1 Å². The highest BCUT2D eigenvalue weighted by molar-refractivity contribution is 7.98. The third-order valence-electron chi connectivity index (χ3n) is 6.35. The fourth-order valence-electron chi connectivity index (χ4n) is 4.67. The number of aromatic nitrogens is 3. The van der Waals surface area contributed by atoms with Gasteiger partial charge in [-0.25, -0.2) is 4.68 Å². The first-order chi connectivity index (χ1) is 16.7. The van der Waals surface area contributed by atoms with Gasteiger partial charge < -0.3 is 10.1 Å². The zero-order chi connectivity index (χ0) is 23.2. The Morgan fingerprint density at radius 3 is 2.35 bits per heavy atom. The van der Waals surface area contributed by atoms with Gasteiger partial charge in [0.15, 0.2) is 0 Å². The molecule has 3 heterocycles. The zero-order valence-electron chi connectivity index (χ0n) is 19.1. The van der Waals surface area contributed by atoms with Crippen molar-refractivity contribution in [3.05, 3.63) is 101 Å². The molecule has 5 nitrogen and oxygen atoms in total. The number of nitrogens with zero attached hydrogens (tertiary/aromatic N) is 3. The van der Waals surface area contributed by atoms with Crippen molar-refractivity contribution in [2.45, 2.75) is 29.1 Å². The van der Waals surface area contributed by atoms with E-state index in [9.17, 15) is 0 Å². The summed E-state index contributed by atoms with van der Waals surface area (Å²) in [5.74, 6) is 1.62. The van der Waals surface area contributed by atoms with Crippen molar-refractivity contribution < 1.29 is 4.74 Å². The smallest absolute Gasteiger partial charge is 0.227 e. The predicted molar refractivity (Wildman–Crippen MR) is 140 cm³/mol. The Kier molecular flexibility index (Phi) is 5.38. The van der Waals surface area contributed by atoms with Crippen molar-refractivity contribution >= 4 is 35.2 Å². The molecule has 0 aliphatic carbocycles. The number of aryl methyl sites for hydroxylation is 1. The van der Waals surface area contributed by atoms with Crippen LogP contribution in [-0.4, -0.2) is 27.3 Å². The highest BCUT2D eigenvalue weighted by Crippen LogP contribution is 2.50. The van der Waals surface area contributed by atoms with Gasteiger partial charge >= 0.3 is 0 Å².